The number of nitrogens with one attached hydrogen (secondary N) is 1. The van der Waals surface area contributed by atoms with Gasteiger partial charge in [0.25, 0.3) is 0 Å². The van der Waals surface area contributed by atoms with E-state index >= 15 is 0 Å². The van der Waals surface area contributed by atoms with E-state index in [1.54, 1.807) is 4.90 Å². The molecule has 0 spiro atoms. The van der Waals surface area contributed by atoms with Gasteiger partial charge in [-0.3, -0.25) is 9.59 Å². The highest BCUT2D eigenvalue weighted by Gasteiger charge is 2.39. The number of carbonyl (C=O) groups excluding carboxylic acids is 2. The van der Waals surface area contributed by atoms with Crippen LogP contribution in [0.4, 0.5) is 0 Å². The number of hydrogen-bond donors (Lipinski definition) is 1. The molecule has 0 aliphatic carbocycles. The quantitative estimate of drug-likeness (QED) is 0.923. The normalized spacial score (nSPS) is 19.6. The Morgan fingerprint density at radius 2 is 2.00 bits per heavy atom. The van der Waals surface area contributed by atoms with E-state index in [4.69, 9.17) is 0 Å². The molecule has 1 aromatic carbocycles. The summed E-state index contributed by atoms with van der Waals surface area (Å²) in [5, 5.41) is 2.81. The Balaban J connectivity index is 2.05. The van der Waals surface area contributed by atoms with E-state index in [9.17, 15) is 9.59 Å². The second kappa shape index (κ2) is 5.88. The predicted molar refractivity (Wildman–Crippen MR) is 82.8 cm³/mol. The molecule has 1 N–H and O–H groups in total. The number of aryl methyl sites for hydroxylation is 1. The number of carbonyl (C=O) groups is 2. The lowest BCUT2D eigenvalue weighted by Crippen LogP contribution is -2.62. The van der Waals surface area contributed by atoms with Gasteiger partial charge < -0.3 is 10.2 Å². The van der Waals surface area contributed by atoms with Crippen molar-refractivity contribution in [2.45, 2.75) is 40.2 Å². The molecule has 1 aliphatic rings. The second-order valence-corrected chi connectivity index (χ2v) is 6.87. The molecule has 4 heteroatoms. The molecule has 1 atom stereocenters. The lowest BCUT2D eigenvalue weighted by molar-refractivity contribution is -0.147. The van der Waals surface area contributed by atoms with Gasteiger partial charge in [-0.15, -0.1) is 0 Å². The van der Waals surface area contributed by atoms with E-state index < -0.39 is 6.04 Å². The molecule has 0 aromatic heterocycles. The highest BCUT2D eigenvalue weighted by molar-refractivity contribution is 5.95. The molecule has 1 heterocycles. The average molecular weight is 288 g/mol. The number of nitrogens with zero attached hydrogens (tertiary/aromatic N) is 1. The Bertz CT molecular complexity index is 546. The summed E-state index contributed by atoms with van der Waals surface area (Å²) in [5.41, 5.74) is 2.14. The highest BCUT2D eigenvalue weighted by Crippen LogP contribution is 2.23. The summed E-state index contributed by atoms with van der Waals surface area (Å²) in [4.78, 5) is 26.0. The van der Waals surface area contributed by atoms with Crippen LogP contribution in [-0.2, 0) is 16.0 Å². The molecular weight excluding hydrogens is 264 g/mol. The van der Waals surface area contributed by atoms with Gasteiger partial charge in [0.2, 0.25) is 11.8 Å². The van der Waals surface area contributed by atoms with Gasteiger partial charge in [-0.2, -0.15) is 0 Å². The maximum Gasteiger partial charge on any atom is 0.246 e. The van der Waals surface area contributed by atoms with Crippen LogP contribution in [0.3, 0.4) is 0 Å². The molecule has 4 nitrogen and oxygen atoms in total. The van der Waals surface area contributed by atoms with E-state index in [-0.39, 0.29) is 23.8 Å². The third-order valence-electron chi connectivity index (χ3n) is 3.82. The largest absolute Gasteiger partial charge is 0.342 e. The van der Waals surface area contributed by atoms with Gasteiger partial charge in [0.1, 0.15) is 6.04 Å². The standard InChI is InChI=1S/C17H24N2O2/c1-12-6-5-7-13(10-12)8-9-19-11-14(20)18-15(16(19)21)17(2,3)4/h5-7,10,15H,8-9,11H2,1-4H3,(H,18,20). The minimum absolute atomic E-state index is 0.0229. The van der Waals surface area contributed by atoms with Gasteiger partial charge in [-0.05, 0) is 24.3 Å². The van der Waals surface area contributed by atoms with Crippen LogP contribution >= 0.6 is 0 Å². The minimum Gasteiger partial charge on any atom is -0.342 e. The van der Waals surface area contributed by atoms with Crippen LogP contribution in [0.5, 0.6) is 0 Å². The van der Waals surface area contributed by atoms with Crippen molar-refractivity contribution in [3.8, 4) is 0 Å². The maximum absolute atomic E-state index is 12.5. The van der Waals surface area contributed by atoms with Gasteiger partial charge in [-0.1, -0.05) is 50.6 Å². The highest BCUT2D eigenvalue weighted by atomic mass is 16.2. The van der Waals surface area contributed by atoms with Gasteiger partial charge in [0, 0.05) is 6.54 Å². The topological polar surface area (TPSA) is 49.4 Å². The van der Waals surface area contributed by atoms with Gasteiger partial charge in [0.15, 0.2) is 0 Å². The number of hydrogen-bond acceptors (Lipinski definition) is 2. The molecule has 1 unspecified atom stereocenters. The molecule has 2 rings (SSSR count). The van der Waals surface area contributed by atoms with Crippen LogP contribution in [0, 0.1) is 12.3 Å². The van der Waals surface area contributed by atoms with Crippen LogP contribution in [0.1, 0.15) is 31.9 Å². The molecule has 0 radical (unpaired) electrons. The first kappa shape index (κ1) is 15.5. The summed E-state index contributed by atoms with van der Waals surface area (Å²) >= 11 is 0. The van der Waals surface area contributed by atoms with E-state index in [2.05, 4.69) is 30.4 Å². The maximum atomic E-state index is 12.5. The SMILES string of the molecule is Cc1cccc(CCN2CC(=O)NC(C(C)(C)C)C2=O)c1. The van der Waals surface area contributed by atoms with Crippen molar-refractivity contribution in [1.29, 1.82) is 0 Å². The summed E-state index contributed by atoms with van der Waals surface area (Å²) in [6.07, 6.45) is 0.775. The number of amides is 2. The van der Waals surface area contributed by atoms with Crippen molar-refractivity contribution >= 4 is 11.8 Å². The third-order valence-corrected chi connectivity index (χ3v) is 3.82. The molecule has 0 saturated carbocycles. The summed E-state index contributed by atoms with van der Waals surface area (Å²) < 4.78 is 0. The Morgan fingerprint density at radius 1 is 1.29 bits per heavy atom. The second-order valence-electron chi connectivity index (χ2n) is 6.87. The van der Waals surface area contributed by atoms with Crippen molar-refractivity contribution in [2.75, 3.05) is 13.1 Å². The van der Waals surface area contributed by atoms with Crippen molar-refractivity contribution in [3.05, 3.63) is 35.4 Å². The lowest BCUT2D eigenvalue weighted by atomic mass is 9.84. The average Bonchev–Trinajstić information content (AvgIpc) is 2.38. The van der Waals surface area contributed by atoms with Gasteiger partial charge >= 0.3 is 0 Å². The zero-order valence-electron chi connectivity index (χ0n) is 13.3. The summed E-state index contributed by atoms with van der Waals surface area (Å²) in [6.45, 7) is 8.72. The molecule has 21 heavy (non-hydrogen) atoms. The fourth-order valence-corrected chi connectivity index (χ4v) is 2.61. The Labute approximate surface area is 126 Å². The molecule has 2 amide bonds. The fraction of sp³-hybridized carbons (Fsp3) is 0.529. The monoisotopic (exact) mass is 288 g/mol. The van der Waals surface area contributed by atoms with E-state index in [0.29, 0.717) is 6.54 Å². The zero-order chi connectivity index (χ0) is 15.6. The molecule has 1 aliphatic heterocycles. The first-order valence-corrected chi connectivity index (χ1v) is 7.41. The van der Waals surface area contributed by atoms with E-state index in [1.165, 1.54) is 11.1 Å². The van der Waals surface area contributed by atoms with E-state index in [1.807, 2.05) is 26.8 Å². The first-order chi connectivity index (χ1) is 9.77. The number of rotatable bonds is 3. The summed E-state index contributed by atoms with van der Waals surface area (Å²) in [6, 6.07) is 7.82. The molecule has 0 bridgehead atoms. The van der Waals surface area contributed by atoms with Crippen LogP contribution in [-0.4, -0.2) is 35.8 Å². The molecular formula is C17H24N2O2. The summed E-state index contributed by atoms with van der Waals surface area (Å²) in [7, 11) is 0. The Hall–Kier alpha value is -1.84. The van der Waals surface area contributed by atoms with Crippen LogP contribution in [0.2, 0.25) is 0 Å². The zero-order valence-corrected chi connectivity index (χ0v) is 13.3. The Kier molecular flexibility index (Phi) is 4.35. The Morgan fingerprint density at radius 3 is 2.62 bits per heavy atom. The number of piperazine rings is 1. The lowest BCUT2D eigenvalue weighted by Gasteiger charge is -2.38. The molecule has 1 saturated heterocycles. The third kappa shape index (κ3) is 3.84. The van der Waals surface area contributed by atoms with Crippen molar-refractivity contribution < 1.29 is 9.59 Å². The minimum atomic E-state index is -0.434. The van der Waals surface area contributed by atoms with Crippen molar-refractivity contribution in [1.82, 2.24) is 10.2 Å². The van der Waals surface area contributed by atoms with Crippen LogP contribution in [0.25, 0.3) is 0 Å². The van der Waals surface area contributed by atoms with Crippen molar-refractivity contribution in [2.24, 2.45) is 5.41 Å². The molecule has 114 valence electrons. The molecule has 1 aromatic rings. The first-order valence-electron chi connectivity index (χ1n) is 7.41. The summed E-state index contributed by atoms with van der Waals surface area (Å²) in [5.74, 6) is -0.0477. The van der Waals surface area contributed by atoms with Crippen LogP contribution in [0.15, 0.2) is 24.3 Å². The van der Waals surface area contributed by atoms with Gasteiger partial charge in [-0.25, -0.2) is 0 Å². The predicted octanol–water partition coefficient (Wildman–Crippen LogP) is 1.91. The van der Waals surface area contributed by atoms with E-state index in [0.717, 1.165) is 6.42 Å². The number of benzene rings is 1. The van der Waals surface area contributed by atoms with Crippen molar-refractivity contribution in [3.63, 3.8) is 0 Å². The molecule has 1 fully saturated rings. The fourth-order valence-electron chi connectivity index (χ4n) is 2.61. The smallest absolute Gasteiger partial charge is 0.246 e. The van der Waals surface area contributed by atoms with Crippen LogP contribution < -0.4 is 5.32 Å². The van der Waals surface area contributed by atoms with Gasteiger partial charge in [0.05, 0.1) is 6.54 Å².